The maximum absolute atomic E-state index is 12.2. The second-order valence-corrected chi connectivity index (χ2v) is 5.94. The molecule has 114 valence electrons. The van der Waals surface area contributed by atoms with Gasteiger partial charge in [0.1, 0.15) is 11.6 Å². The Labute approximate surface area is 129 Å². The van der Waals surface area contributed by atoms with E-state index in [9.17, 15) is 18.9 Å². The van der Waals surface area contributed by atoms with Gasteiger partial charge in [0.15, 0.2) is 5.25 Å². The second kappa shape index (κ2) is 7.46. The van der Waals surface area contributed by atoms with Crippen LogP contribution >= 0.6 is 0 Å². The Morgan fingerprint density at radius 1 is 1.14 bits per heavy atom. The minimum Gasteiger partial charge on any atom is -0.480 e. The minimum absolute atomic E-state index is 0.330. The molecular formula is C15H14N2O4S. The number of hydrogen-bond acceptors (Lipinski definition) is 4. The Balaban J connectivity index is 2.06. The van der Waals surface area contributed by atoms with E-state index in [1.807, 2.05) is 0 Å². The van der Waals surface area contributed by atoms with Gasteiger partial charge >= 0.3 is 5.97 Å². The smallest absolute Gasteiger partial charge is 0.323 e. The van der Waals surface area contributed by atoms with Gasteiger partial charge < -0.3 is 10.4 Å². The van der Waals surface area contributed by atoms with Crippen LogP contribution in [0.25, 0.3) is 0 Å². The van der Waals surface area contributed by atoms with Crippen LogP contribution in [0.2, 0.25) is 0 Å². The van der Waals surface area contributed by atoms with E-state index in [1.165, 1.54) is 6.20 Å². The van der Waals surface area contributed by atoms with Crippen molar-refractivity contribution >= 4 is 28.5 Å². The molecule has 0 bridgehead atoms. The molecule has 1 aromatic heterocycles. The topological polar surface area (TPSA) is 96.4 Å². The number of nitrogens with one attached hydrogen (secondary N) is 1. The number of aromatic nitrogens is 1. The van der Waals surface area contributed by atoms with Crippen molar-refractivity contribution < 1.29 is 18.9 Å². The SMILES string of the molecule is O=C(CS(=O)C(C(=O)O)c1ccccc1)Nc1ccccn1. The molecule has 1 amide bonds. The number of aliphatic carboxylic acids is 1. The Morgan fingerprint density at radius 2 is 1.82 bits per heavy atom. The molecular weight excluding hydrogens is 304 g/mol. The molecule has 1 aromatic carbocycles. The fourth-order valence-electron chi connectivity index (χ4n) is 1.86. The van der Waals surface area contributed by atoms with Crippen molar-refractivity contribution in [1.82, 2.24) is 4.98 Å². The van der Waals surface area contributed by atoms with Gasteiger partial charge in [-0.2, -0.15) is 0 Å². The third kappa shape index (κ3) is 4.23. The summed E-state index contributed by atoms with van der Waals surface area (Å²) in [5.41, 5.74) is 0.402. The number of anilines is 1. The zero-order valence-corrected chi connectivity index (χ0v) is 12.3. The van der Waals surface area contributed by atoms with Crippen molar-refractivity contribution in [3.8, 4) is 0 Å². The average Bonchev–Trinajstić information content (AvgIpc) is 2.48. The molecule has 2 atom stereocenters. The zero-order chi connectivity index (χ0) is 15.9. The van der Waals surface area contributed by atoms with Gasteiger partial charge in [-0.05, 0) is 17.7 Å². The zero-order valence-electron chi connectivity index (χ0n) is 11.5. The quantitative estimate of drug-likeness (QED) is 0.843. The fourth-order valence-corrected chi connectivity index (χ4v) is 3.05. The molecule has 2 rings (SSSR count). The Hall–Kier alpha value is -2.54. The van der Waals surface area contributed by atoms with Gasteiger partial charge in [0, 0.05) is 17.0 Å². The van der Waals surface area contributed by atoms with Crippen LogP contribution in [-0.4, -0.2) is 31.9 Å². The molecule has 0 spiro atoms. The van der Waals surface area contributed by atoms with Crippen LogP contribution in [0.5, 0.6) is 0 Å². The number of carbonyl (C=O) groups excluding carboxylic acids is 1. The number of rotatable bonds is 6. The maximum atomic E-state index is 12.2. The maximum Gasteiger partial charge on any atom is 0.323 e. The summed E-state index contributed by atoms with van der Waals surface area (Å²) in [4.78, 5) is 27.1. The molecule has 7 heteroatoms. The molecule has 0 aliphatic carbocycles. The number of carbonyl (C=O) groups is 2. The first-order valence-electron chi connectivity index (χ1n) is 6.43. The van der Waals surface area contributed by atoms with Crippen molar-refractivity contribution in [2.24, 2.45) is 0 Å². The normalized spacial score (nSPS) is 13.1. The summed E-state index contributed by atoms with van der Waals surface area (Å²) in [5, 5.41) is 10.5. The Kier molecular flexibility index (Phi) is 5.37. The molecule has 2 aromatic rings. The predicted octanol–water partition coefficient (Wildman–Crippen LogP) is 1.59. The highest BCUT2D eigenvalue weighted by Crippen LogP contribution is 2.20. The lowest BCUT2D eigenvalue weighted by molar-refractivity contribution is -0.136. The summed E-state index contributed by atoms with van der Waals surface area (Å²) in [7, 11) is -1.88. The number of carboxylic acid groups (broad SMARTS) is 1. The molecule has 0 fully saturated rings. The Morgan fingerprint density at radius 3 is 2.41 bits per heavy atom. The van der Waals surface area contributed by atoms with Crippen molar-refractivity contribution in [3.05, 3.63) is 60.3 Å². The summed E-state index contributed by atoms with van der Waals surface area (Å²) < 4.78 is 12.2. The van der Waals surface area contributed by atoms with E-state index in [4.69, 9.17) is 0 Å². The lowest BCUT2D eigenvalue weighted by Gasteiger charge is -2.12. The number of amides is 1. The van der Waals surface area contributed by atoms with Gasteiger partial charge in [-0.25, -0.2) is 4.98 Å². The molecule has 0 aliphatic heterocycles. The molecule has 6 nitrogen and oxygen atoms in total. The standard InChI is InChI=1S/C15H14N2O4S/c18-13(17-12-8-4-5-9-16-12)10-22(21)14(15(19)20)11-6-2-1-3-7-11/h1-9,14H,10H2,(H,19,20)(H,16,17,18). The molecule has 1 heterocycles. The molecule has 2 unspecified atom stereocenters. The number of carboxylic acids is 1. The van der Waals surface area contributed by atoms with E-state index in [2.05, 4.69) is 10.3 Å². The summed E-state index contributed by atoms with van der Waals surface area (Å²) >= 11 is 0. The van der Waals surface area contributed by atoms with Gasteiger partial charge in [-0.15, -0.1) is 0 Å². The van der Waals surface area contributed by atoms with Gasteiger partial charge in [-0.1, -0.05) is 36.4 Å². The molecule has 0 saturated carbocycles. The highest BCUT2D eigenvalue weighted by atomic mass is 32.2. The number of nitrogens with zero attached hydrogens (tertiary/aromatic N) is 1. The predicted molar refractivity (Wildman–Crippen MR) is 82.7 cm³/mol. The average molecular weight is 318 g/mol. The van der Waals surface area contributed by atoms with Crippen LogP contribution in [0.1, 0.15) is 10.8 Å². The molecule has 0 radical (unpaired) electrons. The fraction of sp³-hybridized carbons (Fsp3) is 0.133. The molecule has 0 aliphatic rings. The van der Waals surface area contributed by atoms with Crippen molar-refractivity contribution in [1.29, 1.82) is 0 Å². The second-order valence-electron chi connectivity index (χ2n) is 4.42. The summed E-state index contributed by atoms with van der Waals surface area (Å²) in [6, 6.07) is 13.2. The van der Waals surface area contributed by atoms with E-state index >= 15 is 0 Å². The number of pyridine rings is 1. The summed E-state index contributed by atoms with van der Waals surface area (Å²) in [5.74, 6) is -1.85. The lowest BCUT2D eigenvalue weighted by atomic mass is 10.1. The van der Waals surface area contributed by atoms with E-state index in [0.717, 1.165) is 0 Å². The number of benzene rings is 1. The van der Waals surface area contributed by atoms with Crippen LogP contribution in [0.15, 0.2) is 54.7 Å². The third-order valence-corrected chi connectivity index (χ3v) is 4.34. The highest BCUT2D eigenvalue weighted by Gasteiger charge is 2.28. The summed E-state index contributed by atoms with van der Waals surface area (Å²) in [6.07, 6.45) is 1.51. The first-order chi connectivity index (χ1) is 10.6. The van der Waals surface area contributed by atoms with E-state index < -0.39 is 33.7 Å². The van der Waals surface area contributed by atoms with E-state index in [1.54, 1.807) is 48.5 Å². The van der Waals surface area contributed by atoms with Crippen molar-refractivity contribution in [2.45, 2.75) is 5.25 Å². The minimum atomic E-state index is -1.88. The lowest BCUT2D eigenvalue weighted by Crippen LogP contribution is -2.26. The largest absolute Gasteiger partial charge is 0.480 e. The van der Waals surface area contributed by atoms with Crippen molar-refractivity contribution in [2.75, 3.05) is 11.1 Å². The third-order valence-electron chi connectivity index (χ3n) is 2.80. The van der Waals surface area contributed by atoms with Crippen LogP contribution in [-0.2, 0) is 20.4 Å². The van der Waals surface area contributed by atoms with Crippen LogP contribution in [0, 0.1) is 0 Å². The van der Waals surface area contributed by atoms with Gasteiger partial charge in [0.2, 0.25) is 5.91 Å². The monoisotopic (exact) mass is 318 g/mol. The molecule has 2 N–H and O–H groups in total. The number of hydrogen-bond donors (Lipinski definition) is 2. The van der Waals surface area contributed by atoms with Gasteiger partial charge in [-0.3, -0.25) is 13.8 Å². The highest BCUT2D eigenvalue weighted by molar-refractivity contribution is 7.86. The van der Waals surface area contributed by atoms with Gasteiger partial charge in [0.05, 0.1) is 0 Å². The van der Waals surface area contributed by atoms with Crippen LogP contribution in [0.4, 0.5) is 5.82 Å². The summed E-state index contributed by atoms with van der Waals surface area (Å²) in [6.45, 7) is 0. The van der Waals surface area contributed by atoms with E-state index in [-0.39, 0.29) is 0 Å². The van der Waals surface area contributed by atoms with Crippen molar-refractivity contribution in [3.63, 3.8) is 0 Å². The van der Waals surface area contributed by atoms with Gasteiger partial charge in [0.25, 0.3) is 0 Å². The van der Waals surface area contributed by atoms with Crippen LogP contribution in [0.3, 0.4) is 0 Å². The van der Waals surface area contributed by atoms with E-state index in [0.29, 0.717) is 11.4 Å². The first-order valence-corrected chi connectivity index (χ1v) is 7.82. The Bertz CT molecular complexity index is 676. The molecule has 22 heavy (non-hydrogen) atoms. The molecule has 0 saturated heterocycles. The first kappa shape index (κ1) is 15.8. The van der Waals surface area contributed by atoms with Crippen LogP contribution < -0.4 is 5.32 Å².